The number of benzene rings is 3. The summed E-state index contributed by atoms with van der Waals surface area (Å²) in [6.45, 7) is 1.74. The molecule has 35 heavy (non-hydrogen) atoms. The second kappa shape index (κ2) is 12.2. The highest BCUT2D eigenvalue weighted by Gasteiger charge is 2.15. The molecular weight excluding hydrogens is 581 g/mol. The molecule has 0 aliphatic rings. The van der Waals surface area contributed by atoms with Crippen molar-refractivity contribution in [1.82, 2.24) is 0 Å². The summed E-state index contributed by atoms with van der Waals surface area (Å²) < 4.78 is 11.8. The maximum atomic E-state index is 12.6. The van der Waals surface area contributed by atoms with Crippen LogP contribution in [0.25, 0.3) is 6.08 Å². The van der Waals surface area contributed by atoms with E-state index >= 15 is 0 Å². The number of rotatable bonds is 8. The zero-order valence-corrected chi connectivity index (χ0v) is 21.8. The molecule has 0 heterocycles. The molecule has 0 unspecified atom stereocenters. The van der Waals surface area contributed by atoms with Gasteiger partial charge in [-0.15, -0.1) is 0 Å². The minimum atomic E-state index is -0.572. The van der Waals surface area contributed by atoms with Crippen molar-refractivity contribution in [2.75, 3.05) is 24.4 Å². The van der Waals surface area contributed by atoms with Crippen molar-refractivity contribution in [3.63, 3.8) is 0 Å². The third-order valence-corrected chi connectivity index (χ3v) is 5.73. The number of ether oxygens (including phenoxy) is 2. The Morgan fingerprint density at radius 1 is 1.09 bits per heavy atom. The van der Waals surface area contributed by atoms with Gasteiger partial charge in [0.25, 0.3) is 11.8 Å². The molecule has 2 N–H and O–H groups in total. The Balaban J connectivity index is 1.73. The molecule has 178 valence electrons. The van der Waals surface area contributed by atoms with Crippen LogP contribution in [0.2, 0.25) is 5.02 Å². The summed E-state index contributed by atoms with van der Waals surface area (Å²) >= 11 is 7.99. The monoisotopic (exact) mass is 601 g/mol. The Bertz CT molecular complexity index is 1320. The molecule has 0 aliphatic heterocycles. The molecular formula is C26H21ClIN3O4. The average molecular weight is 602 g/mol. The Kier molecular flexibility index (Phi) is 9.11. The molecule has 9 heteroatoms. The number of carbonyl (C=O) groups is 2. The van der Waals surface area contributed by atoms with E-state index in [2.05, 4.69) is 10.6 Å². The van der Waals surface area contributed by atoms with Crippen LogP contribution in [0.3, 0.4) is 0 Å². The molecule has 0 spiro atoms. The van der Waals surface area contributed by atoms with Crippen LogP contribution in [0.1, 0.15) is 11.1 Å². The van der Waals surface area contributed by atoms with Crippen LogP contribution >= 0.6 is 34.2 Å². The maximum absolute atomic E-state index is 12.6. The molecule has 3 aromatic carbocycles. The predicted octanol–water partition coefficient (Wildman–Crippen LogP) is 5.82. The van der Waals surface area contributed by atoms with Crippen LogP contribution in [0, 0.1) is 21.8 Å². The fourth-order valence-corrected chi connectivity index (χ4v) is 3.99. The number of aryl methyl sites for hydroxylation is 1. The summed E-state index contributed by atoms with van der Waals surface area (Å²) in [5.41, 5.74) is 2.69. The number of nitrogens with zero attached hydrogens (tertiary/aromatic N) is 1. The summed E-state index contributed by atoms with van der Waals surface area (Å²) in [4.78, 5) is 24.9. The van der Waals surface area contributed by atoms with Crippen LogP contribution in [0.15, 0.2) is 66.2 Å². The first-order valence-electron chi connectivity index (χ1n) is 10.3. The van der Waals surface area contributed by atoms with Gasteiger partial charge >= 0.3 is 0 Å². The fraction of sp³-hybridized carbons (Fsp3) is 0.115. The van der Waals surface area contributed by atoms with Gasteiger partial charge in [0.05, 0.1) is 10.7 Å². The number of nitrogens with one attached hydrogen (secondary N) is 2. The van der Waals surface area contributed by atoms with Crippen LogP contribution in [-0.2, 0) is 9.59 Å². The molecule has 0 aromatic heterocycles. The highest BCUT2D eigenvalue weighted by molar-refractivity contribution is 14.1. The number of hydrogen-bond acceptors (Lipinski definition) is 5. The highest BCUT2D eigenvalue weighted by Crippen LogP contribution is 2.34. The van der Waals surface area contributed by atoms with Crippen molar-refractivity contribution in [3.8, 4) is 17.6 Å². The maximum Gasteiger partial charge on any atom is 0.266 e. The van der Waals surface area contributed by atoms with E-state index < -0.39 is 5.91 Å². The SMILES string of the molecule is COc1cc(/C=C(\C#N)C(=O)Nc2cccc(Cl)c2)cc(I)c1OCC(=O)Nc1ccc(C)cc1. The number of hydrogen-bond donors (Lipinski definition) is 2. The second-order valence-electron chi connectivity index (χ2n) is 7.37. The molecule has 0 aliphatic carbocycles. The summed E-state index contributed by atoms with van der Waals surface area (Å²) in [5.74, 6) is -0.151. The third-order valence-electron chi connectivity index (χ3n) is 4.69. The minimum absolute atomic E-state index is 0.103. The number of carbonyl (C=O) groups excluding carboxylic acids is 2. The van der Waals surface area contributed by atoms with Gasteiger partial charge in [0.2, 0.25) is 0 Å². The molecule has 0 saturated carbocycles. The van der Waals surface area contributed by atoms with Crippen LogP contribution < -0.4 is 20.1 Å². The summed E-state index contributed by atoms with van der Waals surface area (Å²) in [6.07, 6.45) is 1.44. The van der Waals surface area contributed by atoms with Gasteiger partial charge in [-0.05, 0) is 83.6 Å². The third kappa shape index (κ3) is 7.47. The molecule has 3 rings (SSSR count). The lowest BCUT2D eigenvalue weighted by Gasteiger charge is -2.14. The standard InChI is InChI=1S/C26H21ClIN3O4/c1-16-6-8-20(9-7-16)30-24(32)15-35-25-22(28)11-17(12-23(25)34-2)10-18(14-29)26(33)31-21-5-3-4-19(27)13-21/h3-13H,15H2,1-2H3,(H,30,32)(H,31,33)/b18-10+. The number of methoxy groups -OCH3 is 1. The van der Waals surface area contributed by atoms with E-state index in [1.165, 1.54) is 13.2 Å². The Labute approximate surface area is 221 Å². The Morgan fingerprint density at radius 2 is 1.83 bits per heavy atom. The van der Waals surface area contributed by atoms with E-state index in [-0.39, 0.29) is 18.1 Å². The molecule has 7 nitrogen and oxygen atoms in total. The van der Waals surface area contributed by atoms with Gasteiger partial charge in [-0.3, -0.25) is 9.59 Å². The minimum Gasteiger partial charge on any atom is -0.493 e. The zero-order valence-electron chi connectivity index (χ0n) is 18.9. The van der Waals surface area contributed by atoms with Gasteiger partial charge in [0.15, 0.2) is 18.1 Å². The summed E-state index contributed by atoms with van der Waals surface area (Å²) in [7, 11) is 1.47. The number of anilines is 2. The topological polar surface area (TPSA) is 100 Å². The van der Waals surface area contributed by atoms with Crippen molar-refractivity contribution in [1.29, 1.82) is 5.26 Å². The fourth-order valence-electron chi connectivity index (χ4n) is 3.01. The zero-order chi connectivity index (χ0) is 25.4. The second-order valence-corrected chi connectivity index (χ2v) is 8.97. The van der Waals surface area contributed by atoms with Gasteiger partial charge in [-0.2, -0.15) is 5.26 Å². The number of nitriles is 1. The first kappa shape index (κ1) is 26.1. The van der Waals surface area contributed by atoms with Crippen LogP contribution in [0.4, 0.5) is 11.4 Å². The summed E-state index contributed by atoms with van der Waals surface area (Å²) in [6, 6.07) is 19.3. The van der Waals surface area contributed by atoms with Crippen molar-refractivity contribution in [3.05, 3.63) is 86.0 Å². The van der Waals surface area contributed by atoms with E-state index in [4.69, 9.17) is 21.1 Å². The predicted molar refractivity (Wildman–Crippen MR) is 145 cm³/mol. The molecule has 0 atom stereocenters. The first-order valence-corrected chi connectivity index (χ1v) is 11.8. The lowest BCUT2D eigenvalue weighted by atomic mass is 10.1. The Hall–Kier alpha value is -3.55. The molecule has 0 radical (unpaired) electrons. The summed E-state index contributed by atoms with van der Waals surface area (Å²) in [5, 5.41) is 15.4. The van der Waals surface area contributed by atoms with Crippen molar-refractivity contribution >= 4 is 63.5 Å². The normalized spacial score (nSPS) is 10.8. The van der Waals surface area contributed by atoms with Gasteiger partial charge in [-0.25, -0.2) is 0 Å². The van der Waals surface area contributed by atoms with Gasteiger partial charge in [0.1, 0.15) is 11.6 Å². The van der Waals surface area contributed by atoms with E-state index in [1.807, 2.05) is 59.8 Å². The molecule has 0 fully saturated rings. The van der Waals surface area contributed by atoms with E-state index in [0.29, 0.717) is 37.0 Å². The van der Waals surface area contributed by atoms with Gasteiger partial charge in [0, 0.05) is 16.4 Å². The van der Waals surface area contributed by atoms with Gasteiger partial charge in [-0.1, -0.05) is 35.4 Å². The average Bonchev–Trinajstić information content (AvgIpc) is 2.82. The molecule has 0 bridgehead atoms. The quantitative estimate of drug-likeness (QED) is 0.192. The van der Waals surface area contributed by atoms with Crippen molar-refractivity contribution in [2.24, 2.45) is 0 Å². The molecule has 3 aromatic rings. The van der Waals surface area contributed by atoms with E-state index in [0.717, 1.165) is 5.56 Å². The Morgan fingerprint density at radius 3 is 2.49 bits per heavy atom. The van der Waals surface area contributed by atoms with Crippen LogP contribution in [0.5, 0.6) is 11.5 Å². The van der Waals surface area contributed by atoms with Crippen molar-refractivity contribution in [2.45, 2.75) is 6.92 Å². The van der Waals surface area contributed by atoms with Crippen molar-refractivity contribution < 1.29 is 19.1 Å². The lowest BCUT2D eigenvalue weighted by Crippen LogP contribution is -2.20. The largest absolute Gasteiger partial charge is 0.493 e. The number of halogens is 2. The molecule has 2 amide bonds. The first-order chi connectivity index (χ1) is 16.8. The lowest BCUT2D eigenvalue weighted by molar-refractivity contribution is -0.118. The number of amides is 2. The molecule has 0 saturated heterocycles. The van der Waals surface area contributed by atoms with E-state index in [9.17, 15) is 14.9 Å². The van der Waals surface area contributed by atoms with Crippen LogP contribution in [-0.4, -0.2) is 25.5 Å². The van der Waals surface area contributed by atoms with E-state index in [1.54, 1.807) is 36.4 Å². The highest BCUT2D eigenvalue weighted by atomic mass is 127. The van der Waals surface area contributed by atoms with Gasteiger partial charge < -0.3 is 20.1 Å². The smallest absolute Gasteiger partial charge is 0.266 e.